The standard InChI is InChI=1S/C16H16F2O/c1-2-16(19,13-6-4-3-5-7-13)11-12-10-14(17)8-9-15(12)18/h3-10,19H,2,11H2,1H3. The van der Waals surface area contributed by atoms with Crippen molar-refractivity contribution in [2.75, 3.05) is 0 Å². The molecule has 0 aliphatic heterocycles. The summed E-state index contributed by atoms with van der Waals surface area (Å²) in [5.41, 5.74) is -0.287. The Morgan fingerprint density at radius 1 is 1.05 bits per heavy atom. The minimum Gasteiger partial charge on any atom is -0.385 e. The molecule has 0 aromatic heterocycles. The van der Waals surface area contributed by atoms with Crippen molar-refractivity contribution in [3.8, 4) is 0 Å². The van der Waals surface area contributed by atoms with Crippen molar-refractivity contribution in [3.05, 3.63) is 71.3 Å². The molecule has 1 unspecified atom stereocenters. The third kappa shape index (κ3) is 2.99. The predicted octanol–water partition coefficient (Wildman–Crippen LogP) is 3.81. The van der Waals surface area contributed by atoms with E-state index in [0.29, 0.717) is 12.0 Å². The van der Waals surface area contributed by atoms with Gasteiger partial charge >= 0.3 is 0 Å². The monoisotopic (exact) mass is 262 g/mol. The van der Waals surface area contributed by atoms with Crippen LogP contribution < -0.4 is 0 Å². The molecular formula is C16H16F2O. The Morgan fingerprint density at radius 3 is 2.37 bits per heavy atom. The Kier molecular flexibility index (Phi) is 3.96. The van der Waals surface area contributed by atoms with Crippen LogP contribution in [0.15, 0.2) is 48.5 Å². The van der Waals surface area contributed by atoms with Crippen LogP contribution >= 0.6 is 0 Å². The Hall–Kier alpha value is -1.74. The van der Waals surface area contributed by atoms with Crippen molar-refractivity contribution in [2.45, 2.75) is 25.4 Å². The molecule has 0 saturated carbocycles. The summed E-state index contributed by atoms with van der Waals surface area (Å²) in [6, 6.07) is 12.4. The molecule has 0 fully saturated rings. The van der Waals surface area contributed by atoms with Crippen LogP contribution in [0.2, 0.25) is 0 Å². The lowest BCUT2D eigenvalue weighted by Gasteiger charge is -2.27. The molecule has 0 spiro atoms. The molecule has 100 valence electrons. The molecule has 0 radical (unpaired) electrons. The SMILES string of the molecule is CCC(O)(Cc1cc(F)ccc1F)c1ccccc1. The van der Waals surface area contributed by atoms with Gasteiger partial charge in [-0.25, -0.2) is 8.78 Å². The lowest BCUT2D eigenvalue weighted by atomic mass is 9.85. The number of halogens is 2. The second kappa shape index (κ2) is 5.49. The van der Waals surface area contributed by atoms with Crippen molar-refractivity contribution in [1.29, 1.82) is 0 Å². The van der Waals surface area contributed by atoms with Crippen LogP contribution in [0.4, 0.5) is 8.78 Å². The van der Waals surface area contributed by atoms with Crippen molar-refractivity contribution in [1.82, 2.24) is 0 Å². The maximum Gasteiger partial charge on any atom is 0.126 e. The Labute approximate surface area is 111 Å². The van der Waals surface area contributed by atoms with E-state index in [2.05, 4.69) is 0 Å². The topological polar surface area (TPSA) is 20.2 Å². The summed E-state index contributed by atoms with van der Waals surface area (Å²) >= 11 is 0. The number of rotatable bonds is 4. The second-order valence-corrected chi connectivity index (χ2v) is 4.66. The molecule has 2 aromatic carbocycles. The smallest absolute Gasteiger partial charge is 0.126 e. The van der Waals surface area contributed by atoms with Crippen LogP contribution in [0.25, 0.3) is 0 Å². The van der Waals surface area contributed by atoms with Crippen molar-refractivity contribution < 1.29 is 13.9 Å². The lowest BCUT2D eigenvalue weighted by Crippen LogP contribution is -2.28. The van der Waals surface area contributed by atoms with Crippen molar-refractivity contribution >= 4 is 0 Å². The highest BCUT2D eigenvalue weighted by atomic mass is 19.1. The van der Waals surface area contributed by atoms with Crippen LogP contribution in [0.1, 0.15) is 24.5 Å². The molecule has 2 rings (SSSR count). The molecule has 0 aliphatic carbocycles. The van der Waals surface area contributed by atoms with Gasteiger partial charge in [-0.15, -0.1) is 0 Å². The van der Waals surface area contributed by atoms with E-state index >= 15 is 0 Å². The Bertz CT molecular complexity index is 554. The van der Waals surface area contributed by atoms with Gasteiger partial charge in [0.15, 0.2) is 0 Å². The van der Waals surface area contributed by atoms with Gasteiger partial charge in [0.05, 0.1) is 5.60 Å². The third-order valence-corrected chi connectivity index (χ3v) is 3.39. The fourth-order valence-electron chi connectivity index (χ4n) is 2.17. The van der Waals surface area contributed by atoms with E-state index < -0.39 is 17.2 Å². The molecule has 19 heavy (non-hydrogen) atoms. The molecule has 1 nitrogen and oxygen atoms in total. The van der Waals surface area contributed by atoms with Gasteiger partial charge in [0, 0.05) is 6.42 Å². The number of hydrogen-bond acceptors (Lipinski definition) is 1. The van der Waals surface area contributed by atoms with Gasteiger partial charge in [0.25, 0.3) is 0 Å². The number of benzene rings is 2. The molecule has 0 heterocycles. The average Bonchev–Trinajstić information content (AvgIpc) is 2.44. The molecule has 0 bridgehead atoms. The average molecular weight is 262 g/mol. The highest BCUT2D eigenvalue weighted by Crippen LogP contribution is 2.30. The zero-order valence-corrected chi connectivity index (χ0v) is 10.7. The van der Waals surface area contributed by atoms with Crippen LogP contribution in [0, 0.1) is 11.6 Å². The largest absolute Gasteiger partial charge is 0.385 e. The Morgan fingerprint density at radius 2 is 1.74 bits per heavy atom. The number of hydrogen-bond donors (Lipinski definition) is 1. The molecule has 0 saturated heterocycles. The summed E-state index contributed by atoms with van der Waals surface area (Å²) in [6.07, 6.45) is 0.476. The predicted molar refractivity (Wildman–Crippen MR) is 70.7 cm³/mol. The molecule has 3 heteroatoms. The summed E-state index contributed by atoms with van der Waals surface area (Å²) in [4.78, 5) is 0. The second-order valence-electron chi connectivity index (χ2n) is 4.66. The highest BCUT2D eigenvalue weighted by molar-refractivity contribution is 5.27. The van der Waals surface area contributed by atoms with Crippen LogP contribution in [0.5, 0.6) is 0 Å². The maximum atomic E-state index is 13.7. The Balaban J connectivity index is 2.36. The summed E-state index contributed by atoms with van der Waals surface area (Å²) in [6.45, 7) is 1.82. The van der Waals surface area contributed by atoms with Gasteiger partial charge in [0.2, 0.25) is 0 Å². The van der Waals surface area contributed by atoms with Crippen molar-refractivity contribution in [3.63, 3.8) is 0 Å². The van der Waals surface area contributed by atoms with E-state index in [1.54, 1.807) is 12.1 Å². The molecule has 0 aliphatic rings. The molecule has 0 amide bonds. The molecule has 2 aromatic rings. The van der Waals surface area contributed by atoms with E-state index in [4.69, 9.17) is 0 Å². The van der Waals surface area contributed by atoms with Gasteiger partial charge in [-0.1, -0.05) is 37.3 Å². The van der Waals surface area contributed by atoms with Crippen LogP contribution in [-0.4, -0.2) is 5.11 Å². The first-order chi connectivity index (χ1) is 9.05. The fraction of sp³-hybridized carbons (Fsp3) is 0.250. The van der Waals surface area contributed by atoms with E-state index in [0.717, 1.165) is 18.2 Å². The molecular weight excluding hydrogens is 246 g/mol. The van der Waals surface area contributed by atoms with Gasteiger partial charge in [-0.2, -0.15) is 0 Å². The van der Waals surface area contributed by atoms with Gasteiger partial charge < -0.3 is 5.11 Å². The van der Waals surface area contributed by atoms with Gasteiger partial charge in [-0.05, 0) is 35.7 Å². The van der Waals surface area contributed by atoms with Crippen molar-refractivity contribution in [2.24, 2.45) is 0 Å². The summed E-state index contributed by atoms with van der Waals surface area (Å²) in [5, 5.41) is 10.7. The van der Waals surface area contributed by atoms with Crippen LogP contribution in [0.3, 0.4) is 0 Å². The summed E-state index contributed by atoms with van der Waals surface area (Å²) in [5.74, 6) is -0.993. The zero-order chi connectivity index (χ0) is 13.9. The molecule has 1 atom stereocenters. The third-order valence-electron chi connectivity index (χ3n) is 3.39. The highest BCUT2D eigenvalue weighted by Gasteiger charge is 2.28. The number of aliphatic hydroxyl groups is 1. The minimum atomic E-state index is -1.18. The maximum absolute atomic E-state index is 13.7. The zero-order valence-electron chi connectivity index (χ0n) is 10.7. The quantitative estimate of drug-likeness (QED) is 0.888. The van der Waals surface area contributed by atoms with Gasteiger partial charge in [0.1, 0.15) is 11.6 Å². The molecule has 1 N–H and O–H groups in total. The first-order valence-electron chi connectivity index (χ1n) is 6.27. The van der Waals surface area contributed by atoms with Gasteiger partial charge in [-0.3, -0.25) is 0 Å². The fourth-order valence-corrected chi connectivity index (χ4v) is 2.17. The summed E-state index contributed by atoms with van der Waals surface area (Å²) < 4.78 is 26.9. The lowest BCUT2D eigenvalue weighted by molar-refractivity contribution is 0.0318. The normalized spacial score (nSPS) is 14.1. The van der Waals surface area contributed by atoms with E-state index in [1.807, 2.05) is 25.1 Å². The van der Waals surface area contributed by atoms with Crippen LogP contribution in [-0.2, 0) is 12.0 Å². The first-order valence-corrected chi connectivity index (χ1v) is 6.27. The van der Waals surface area contributed by atoms with E-state index in [9.17, 15) is 13.9 Å². The van der Waals surface area contributed by atoms with E-state index in [-0.39, 0.29) is 12.0 Å². The van der Waals surface area contributed by atoms with E-state index in [1.165, 1.54) is 0 Å². The first kappa shape index (κ1) is 13.7. The minimum absolute atomic E-state index is 0.0527. The summed E-state index contributed by atoms with van der Waals surface area (Å²) in [7, 11) is 0.